The number of allylic oxidation sites excluding steroid dienone is 4. The van der Waals surface area contributed by atoms with Crippen LogP contribution >= 0.6 is 23.2 Å². The number of hydrogen-bond acceptors (Lipinski definition) is 2. The third-order valence-corrected chi connectivity index (χ3v) is 6.39. The molecule has 3 aliphatic rings. The zero-order valence-corrected chi connectivity index (χ0v) is 16.9. The Morgan fingerprint density at radius 2 is 2.00 bits per heavy atom. The zero-order chi connectivity index (χ0) is 19.2. The highest BCUT2D eigenvalue weighted by molar-refractivity contribution is 6.35. The van der Waals surface area contributed by atoms with Gasteiger partial charge in [0.05, 0.1) is 0 Å². The number of fused-ring (bicyclic) bond motifs is 2. The third kappa shape index (κ3) is 5.60. The third-order valence-electron chi connectivity index (χ3n) is 5.81. The Morgan fingerprint density at radius 3 is 2.70 bits per heavy atom. The Balaban J connectivity index is 1.55. The molecule has 1 aromatic rings. The summed E-state index contributed by atoms with van der Waals surface area (Å²) in [5.41, 5.74) is 1.07. The number of carbonyl (C=O) groups is 1. The highest BCUT2D eigenvalue weighted by atomic mass is 35.5. The summed E-state index contributed by atoms with van der Waals surface area (Å²) in [6, 6.07) is 5.64. The average Bonchev–Trinajstić information content (AvgIpc) is 2.64. The summed E-state index contributed by atoms with van der Waals surface area (Å²) in [5.74, 6) is 1.63. The summed E-state index contributed by atoms with van der Waals surface area (Å²) in [6.07, 6.45) is 13.6. The van der Waals surface area contributed by atoms with Gasteiger partial charge in [-0.3, -0.25) is 4.79 Å². The quantitative estimate of drug-likeness (QED) is 0.406. The van der Waals surface area contributed by atoms with E-state index in [4.69, 9.17) is 28.3 Å². The minimum atomic E-state index is -0.717. The number of benzene rings is 1. The molecule has 0 spiro atoms. The van der Waals surface area contributed by atoms with Crippen molar-refractivity contribution in [3.05, 3.63) is 58.1 Å². The highest BCUT2D eigenvalue weighted by Gasteiger charge is 2.38. The summed E-state index contributed by atoms with van der Waals surface area (Å²) in [7, 11) is 0. The molecule has 2 bridgehead atoms. The average molecular weight is 408 g/mol. The van der Waals surface area contributed by atoms with Gasteiger partial charge in [0.2, 0.25) is 0 Å². The molecule has 3 nitrogen and oxygen atoms in total. The van der Waals surface area contributed by atoms with Crippen molar-refractivity contribution in [3.63, 3.8) is 0 Å². The van der Waals surface area contributed by atoms with Crippen LogP contribution in [0.5, 0.6) is 0 Å². The maximum absolute atomic E-state index is 10.6. The Kier molecular flexibility index (Phi) is 7.40. The molecule has 0 amide bonds. The largest absolute Gasteiger partial charge is 0.481 e. The van der Waals surface area contributed by atoms with Crippen LogP contribution in [0.15, 0.2) is 42.5 Å². The molecule has 1 fully saturated rings. The van der Waals surface area contributed by atoms with Gasteiger partial charge in [0.25, 0.3) is 0 Å². The van der Waals surface area contributed by atoms with Gasteiger partial charge in [-0.15, -0.1) is 0 Å². The van der Waals surface area contributed by atoms with Crippen LogP contribution in [0.3, 0.4) is 0 Å². The molecular formula is C22H27Cl2NO2. The van der Waals surface area contributed by atoms with E-state index in [1.54, 1.807) is 6.07 Å². The van der Waals surface area contributed by atoms with Crippen molar-refractivity contribution in [2.45, 2.75) is 38.6 Å². The fraction of sp³-hybridized carbons (Fsp3) is 0.500. The van der Waals surface area contributed by atoms with E-state index >= 15 is 0 Å². The molecule has 5 heteroatoms. The Hall–Kier alpha value is -1.29. The molecular weight excluding hydrogens is 381 g/mol. The van der Waals surface area contributed by atoms with Crippen LogP contribution in [0, 0.1) is 23.7 Å². The molecule has 0 unspecified atom stereocenters. The first-order valence-corrected chi connectivity index (χ1v) is 10.5. The summed E-state index contributed by atoms with van der Waals surface area (Å²) < 4.78 is 0. The van der Waals surface area contributed by atoms with Crippen molar-refractivity contribution in [1.82, 2.24) is 5.32 Å². The van der Waals surface area contributed by atoms with Crippen molar-refractivity contribution in [2.24, 2.45) is 23.7 Å². The van der Waals surface area contributed by atoms with E-state index in [1.807, 2.05) is 12.1 Å². The van der Waals surface area contributed by atoms with Gasteiger partial charge in [0, 0.05) is 23.0 Å². The minimum Gasteiger partial charge on any atom is -0.481 e. The lowest BCUT2D eigenvalue weighted by atomic mass is 9.62. The van der Waals surface area contributed by atoms with E-state index < -0.39 is 5.97 Å². The summed E-state index contributed by atoms with van der Waals surface area (Å²) >= 11 is 12.2. The molecule has 4 atom stereocenters. The molecule has 27 heavy (non-hydrogen) atoms. The smallest absolute Gasteiger partial charge is 0.303 e. The van der Waals surface area contributed by atoms with Crippen molar-refractivity contribution < 1.29 is 9.90 Å². The van der Waals surface area contributed by atoms with Crippen LogP contribution in [0.2, 0.25) is 10.0 Å². The first kappa shape index (κ1) is 20.4. The van der Waals surface area contributed by atoms with Gasteiger partial charge in [0.1, 0.15) is 0 Å². The summed E-state index contributed by atoms with van der Waals surface area (Å²) in [4.78, 5) is 10.6. The fourth-order valence-electron chi connectivity index (χ4n) is 4.38. The van der Waals surface area contributed by atoms with Crippen molar-refractivity contribution in [3.8, 4) is 0 Å². The van der Waals surface area contributed by atoms with Crippen LogP contribution in [-0.4, -0.2) is 17.6 Å². The number of aliphatic carboxylic acids is 1. The standard InChI is InChI=1S/C22H27Cl2NO2/c23-18-11-10-17(21(24)12-18)13-25-14-20-16-8-6-15(7-9-16)19(20)4-2-1-3-5-22(26)27/h2,4,6,8,10-12,15-16,19-20,25H,1,3,5,7,9,13-14H2,(H,26,27)/b4-2-/t15-,16+,19+,20+/m1/s1. The molecule has 2 N–H and O–H groups in total. The van der Waals surface area contributed by atoms with Gasteiger partial charge in [-0.05, 0) is 73.6 Å². The molecule has 1 saturated carbocycles. The van der Waals surface area contributed by atoms with Gasteiger partial charge in [0.15, 0.2) is 0 Å². The molecule has 4 rings (SSSR count). The first-order valence-electron chi connectivity index (χ1n) is 9.76. The first-order chi connectivity index (χ1) is 13.0. The monoisotopic (exact) mass is 407 g/mol. The van der Waals surface area contributed by atoms with Crippen molar-refractivity contribution in [2.75, 3.05) is 6.54 Å². The predicted molar refractivity (Wildman–Crippen MR) is 111 cm³/mol. The van der Waals surface area contributed by atoms with Gasteiger partial charge in [-0.25, -0.2) is 0 Å². The number of carboxylic acids is 1. The highest BCUT2D eigenvalue weighted by Crippen LogP contribution is 2.45. The normalized spacial score (nSPS) is 26.7. The Bertz CT molecular complexity index is 716. The summed E-state index contributed by atoms with van der Waals surface area (Å²) in [6.45, 7) is 1.69. The van der Waals surface area contributed by atoms with E-state index in [2.05, 4.69) is 29.6 Å². The topological polar surface area (TPSA) is 49.3 Å². The number of rotatable bonds is 9. The molecule has 0 aliphatic heterocycles. The second kappa shape index (κ2) is 9.77. The zero-order valence-electron chi connectivity index (χ0n) is 15.4. The second-order valence-electron chi connectivity index (χ2n) is 7.61. The van der Waals surface area contributed by atoms with Gasteiger partial charge in [-0.1, -0.05) is 53.6 Å². The Labute approximate surface area is 171 Å². The number of carboxylic acid groups (broad SMARTS) is 1. The van der Waals surface area contributed by atoms with Crippen LogP contribution in [-0.2, 0) is 11.3 Å². The molecule has 1 aromatic carbocycles. The molecule has 0 heterocycles. The lowest BCUT2D eigenvalue weighted by Crippen LogP contribution is -2.41. The maximum atomic E-state index is 10.6. The molecule has 0 radical (unpaired) electrons. The number of halogens is 2. The number of nitrogens with one attached hydrogen (secondary N) is 1. The molecule has 3 aliphatic carbocycles. The predicted octanol–water partition coefficient (Wildman–Crippen LogP) is 5.72. The SMILES string of the molecule is O=C(O)CCC/C=C\[C@@H]1[C@@H](CNCc2ccc(Cl)cc2Cl)[C@H]2C=C[C@@H]1CC2. The van der Waals surface area contributed by atoms with Crippen LogP contribution in [0.1, 0.15) is 37.7 Å². The van der Waals surface area contributed by atoms with E-state index in [0.29, 0.717) is 40.1 Å². The molecule has 0 saturated heterocycles. The fourth-order valence-corrected chi connectivity index (χ4v) is 4.85. The van der Waals surface area contributed by atoms with Crippen LogP contribution in [0.4, 0.5) is 0 Å². The van der Waals surface area contributed by atoms with E-state index in [1.165, 1.54) is 12.8 Å². The van der Waals surface area contributed by atoms with Crippen molar-refractivity contribution in [1.29, 1.82) is 0 Å². The molecule has 0 aromatic heterocycles. The van der Waals surface area contributed by atoms with E-state index in [-0.39, 0.29) is 6.42 Å². The lowest BCUT2D eigenvalue weighted by Gasteiger charge is -2.44. The Morgan fingerprint density at radius 1 is 1.22 bits per heavy atom. The number of hydrogen-bond donors (Lipinski definition) is 2. The lowest BCUT2D eigenvalue weighted by molar-refractivity contribution is -0.137. The molecule has 146 valence electrons. The van der Waals surface area contributed by atoms with Gasteiger partial charge >= 0.3 is 5.97 Å². The van der Waals surface area contributed by atoms with Crippen molar-refractivity contribution >= 4 is 29.2 Å². The minimum absolute atomic E-state index is 0.244. The van der Waals surface area contributed by atoms with Gasteiger partial charge in [-0.2, -0.15) is 0 Å². The second-order valence-corrected chi connectivity index (χ2v) is 8.46. The summed E-state index contributed by atoms with van der Waals surface area (Å²) in [5, 5.41) is 13.7. The van der Waals surface area contributed by atoms with Crippen LogP contribution < -0.4 is 5.32 Å². The van der Waals surface area contributed by atoms with Gasteiger partial charge < -0.3 is 10.4 Å². The number of unbranched alkanes of at least 4 members (excludes halogenated alkanes) is 1. The van der Waals surface area contributed by atoms with E-state index in [9.17, 15) is 4.79 Å². The van der Waals surface area contributed by atoms with E-state index in [0.717, 1.165) is 25.1 Å². The maximum Gasteiger partial charge on any atom is 0.303 e. The van der Waals surface area contributed by atoms with Crippen LogP contribution in [0.25, 0.3) is 0 Å².